The summed E-state index contributed by atoms with van der Waals surface area (Å²) in [6.45, 7) is 4.01. The molecule has 1 heterocycles. The average Bonchev–Trinajstić information content (AvgIpc) is 2.39. The molecule has 5 nitrogen and oxygen atoms in total. The molecule has 0 spiro atoms. The largest absolute Gasteiger partial charge is 0.380 e. The van der Waals surface area contributed by atoms with E-state index in [1.807, 2.05) is 26.0 Å². The first-order valence-electron chi connectivity index (χ1n) is 6.59. The molecule has 0 fully saturated rings. The predicted octanol–water partition coefficient (Wildman–Crippen LogP) is 2.45. The fourth-order valence-corrected chi connectivity index (χ4v) is 2.63. The number of ether oxygens (including phenoxy) is 1. The van der Waals surface area contributed by atoms with Crippen LogP contribution >= 0.6 is 11.6 Å². The monoisotopic (exact) mass is 308 g/mol. The maximum Gasteiger partial charge on any atom is 0.334 e. The van der Waals surface area contributed by atoms with Gasteiger partial charge in [0.25, 0.3) is 5.56 Å². The highest BCUT2D eigenvalue weighted by molar-refractivity contribution is 6.30. The van der Waals surface area contributed by atoms with E-state index in [1.165, 1.54) is 0 Å². The van der Waals surface area contributed by atoms with Crippen molar-refractivity contribution in [3.05, 3.63) is 61.4 Å². The first-order valence-corrected chi connectivity index (χ1v) is 6.97. The second-order valence-electron chi connectivity index (χ2n) is 5.01. The third-order valence-corrected chi connectivity index (χ3v) is 3.50. The van der Waals surface area contributed by atoms with E-state index in [1.54, 1.807) is 19.2 Å². The Kier molecular flexibility index (Phi) is 4.65. The van der Waals surface area contributed by atoms with E-state index in [4.69, 9.17) is 16.3 Å². The highest BCUT2D eigenvalue weighted by Crippen LogP contribution is 2.18. The fourth-order valence-electron chi connectivity index (χ4n) is 2.25. The smallest absolute Gasteiger partial charge is 0.334 e. The maximum absolute atomic E-state index is 12.6. The van der Waals surface area contributed by atoms with Gasteiger partial charge >= 0.3 is 5.69 Å². The molecule has 2 aromatic rings. The number of para-hydroxylation sites is 1. The van der Waals surface area contributed by atoms with Crippen LogP contribution in [0.5, 0.6) is 0 Å². The van der Waals surface area contributed by atoms with Gasteiger partial charge in [-0.2, -0.15) is 0 Å². The molecule has 0 atom stereocenters. The van der Waals surface area contributed by atoms with Gasteiger partial charge < -0.3 is 4.74 Å². The lowest BCUT2D eigenvalue weighted by molar-refractivity contribution is 0.184. The minimum absolute atomic E-state index is 0.0947. The molecule has 6 heteroatoms. The Morgan fingerprint density at radius 3 is 2.57 bits per heavy atom. The van der Waals surface area contributed by atoms with Crippen LogP contribution in [0.2, 0.25) is 5.15 Å². The molecule has 112 valence electrons. The molecular weight excluding hydrogens is 292 g/mol. The Morgan fingerprint density at radius 1 is 1.29 bits per heavy atom. The maximum atomic E-state index is 12.6. The molecule has 0 bridgehead atoms. The van der Waals surface area contributed by atoms with Crippen molar-refractivity contribution in [2.45, 2.75) is 26.4 Å². The summed E-state index contributed by atoms with van der Waals surface area (Å²) in [5.41, 5.74) is 0.692. The van der Waals surface area contributed by atoms with E-state index >= 15 is 0 Å². The molecule has 0 unspecified atom stereocenters. The van der Waals surface area contributed by atoms with Crippen LogP contribution in [0.4, 0.5) is 0 Å². The number of hydrogen-bond donors (Lipinski definition) is 1. The fraction of sp³-hybridized carbons (Fsp3) is 0.333. The van der Waals surface area contributed by atoms with E-state index in [0.29, 0.717) is 17.9 Å². The summed E-state index contributed by atoms with van der Waals surface area (Å²) in [5, 5.41) is 0.0977. The quantitative estimate of drug-likeness (QED) is 0.882. The number of benzene rings is 1. The molecule has 0 saturated carbocycles. The number of rotatable bonds is 4. The van der Waals surface area contributed by atoms with E-state index in [9.17, 15) is 9.59 Å². The average molecular weight is 309 g/mol. The highest BCUT2D eigenvalue weighted by atomic mass is 35.5. The minimum atomic E-state index is -0.557. The topological polar surface area (TPSA) is 64.1 Å². The van der Waals surface area contributed by atoms with Crippen LogP contribution in [0.15, 0.2) is 33.9 Å². The van der Waals surface area contributed by atoms with E-state index < -0.39 is 11.2 Å². The molecule has 0 amide bonds. The summed E-state index contributed by atoms with van der Waals surface area (Å²) in [7, 11) is 1.56. The summed E-state index contributed by atoms with van der Waals surface area (Å²) in [6.07, 6.45) is 0. The number of nitrogens with zero attached hydrogens (tertiary/aromatic N) is 1. The zero-order chi connectivity index (χ0) is 15.6. The Bertz CT molecular complexity index is 762. The first kappa shape index (κ1) is 15.5. The van der Waals surface area contributed by atoms with Gasteiger partial charge in [0, 0.05) is 12.7 Å². The van der Waals surface area contributed by atoms with Gasteiger partial charge in [0.15, 0.2) is 0 Å². The number of aromatic amines is 1. The van der Waals surface area contributed by atoms with Gasteiger partial charge in [-0.15, -0.1) is 0 Å². The summed E-state index contributed by atoms with van der Waals surface area (Å²) in [6, 6.07) is 7.12. The van der Waals surface area contributed by atoms with Crippen molar-refractivity contribution in [1.29, 1.82) is 0 Å². The van der Waals surface area contributed by atoms with E-state index in [2.05, 4.69) is 4.98 Å². The molecule has 0 radical (unpaired) electrons. The van der Waals surface area contributed by atoms with Crippen LogP contribution in [0.1, 0.15) is 30.9 Å². The van der Waals surface area contributed by atoms with Crippen molar-refractivity contribution in [3.8, 4) is 5.69 Å². The molecule has 0 saturated heterocycles. The van der Waals surface area contributed by atoms with Gasteiger partial charge in [-0.1, -0.05) is 43.6 Å². The third-order valence-electron chi connectivity index (χ3n) is 3.20. The van der Waals surface area contributed by atoms with Crippen molar-refractivity contribution >= 4 is 11.6 Å². The Labute approximate surface area is 127 Å². The van der Waals surface area contributed by atoms with Crippen LogP contribution in [0.3, 0.4) is 0 Å². The van der Waals surface area contributed by atoms with Gasteiger partial charge in [0.05, 0.1) is 17.9 Å². The van der Waals surface area contributed by atoms with E-state index in [0.717, 1.165) is 10.1 Å². The standard InChI is InChI=1S/C15H17ClN2O3/c1-9(2)12-13(16)17-15(20)18(14(12)19)11-7-5-4-6-10(11)8-21-3/h4-7,9H,8H2,1-3H3,(H,17,20). The first-order chi connectivity index (χ1) is 9.97. The number of halogens is 1. The van der Waals surface area contributed by atoms with Gasteiger partial charge in [-0.25, -0.2) is 9.36 Å². The Balaban J connectivity index is 2.79. The van der Waals surface area contributed by atoms with Crippen molar-refractivity contribution in [2.75, 3.05) is 7.11 Å². The molecule has 0 aliphatic carbocycles. The third kappa shape index (κ3) is 2.94. The SMILES string of the molecule is COCc1ccccc1-n1c(=O)[nH]c(Cl)c(C(C)C)c1=O. The van der Waals surface area contributed by atoms with Crippen LogP contribution in [-0.4, -0.2) is 16.7 Å². The minimum Gasteiger partial charge on any atom is -0.380 e. The number of aromatic nitrogens is 2. The van der Waals surface area contributed by atoms with Gasteiger partial charge in [-0.3, -0.25) is 9.78 Å². The van der Waals surface area contributed by atoms with Crippen LogP contribution in [0, 0.1) is 0 Å². The molecule has 1 aromatic heterocycles. The van der Waals surface area contributed by atoms with Crippen molar-refractivity contribution in [2.24, 2.45) is 0 Å². The summed E-state index contributed by atoms with van der Waals surface area (Å²) in [4.78, 5) is 27.3. The molecule has 1 aromatic carbocycles. The second-order valence-corrected chi connectivity index (χ2v) is 5.39. The van der Waals surface area contributed by atoms with E-state index in [-0.39, 0.29) is 11.1 Å². The normalized spacial score (nSPS) is 11.1. The number of methoxy groups -OCH3 is 1. The lowest BCUT2D eigenvalue weighted by atomic mass is 10.1. The lowest BCUT2D eigenvalue weighted by Crippen LogP contribution is -2.37. The van der Waals surface area contributed by atoms with Gasteiger partial charge in [0.2, 0.25) is 0 Å². The van der Waals surface area contributed by atoms with Crippen molar-refractivity contribution in [1.82, 2.24) is 9.55 Å². The molecule has 21 heavy (non-hydrogen) atoms. The zero-order valence-corrected chi connectivity index (χ0v) is 12.9. The number of nitrogens with one attached hydrogen (secondary N) is 1. The summed E-state index contributed by atoms with van der Waals surface area (Å²) >= 11 is 6.00. The van der Waals surface area contributed by atoms with Crippen molar-refractivity contribution in [3.63, 3.8) is 0 Å². The van der Waals surface area contributed by atoms with Crippen molar-refractivity contribution < 1.29 is 4.74 Å². The van der Waals surface area contributed by atoms with Gasteiger partial charge in [-0.05, 0) is 12.0 Å². The Morgan fingerprint density at radius 2 is 1.95 bits per heavy atom. The molecule has 0 aliphatic heterocycles. The highest BCUT2D eigenvalue weighted by Gasteiger charge is 2.18. The predicted molar refractivity (Wildman–Crippen MR) is 82.5 cm³/mol. The molecule has 2 rings (SSSR count). The Hall–Kier alpha value is -1.85. The number of hydrogen-bond acceptors (Lipinski definition) is 3. The summed E-state index contributed by atoms with van der Waals surface area (Å²) < 4.78 is 6.22. The molecule has 0 aliphatic rings. The number of H-pyrrole nitrogens is 1. The van der Waals surface area contributed by atoms with Crippen LogP contribution in [-0.2, 0) is 11.3 Å². The second kappa shape index (κ2) is 6.28. The molecule has 1 N–H and O–H groups in total. The molecular formula is C15H17ClN2O3. The van der Waals surface area contributed by atoms with Crippen LogP contribution < -0.4 is 11.2 Å². The van der Waals surface area contributed by atoms with Gasteiger partial charge in [0.1, 0.15) is 5.15 Å². The lowest BCUT2D eigenvalue weighted by Gasteiger charge is -2.14. The zero-order valence-electron chi connectivity index (χ0n) is 12.1. The van der Waals surface area contributed by atoms with Crippen LogP contribution in [0.25, 0.3) is 5.69 Å². The summed E-state index contributed by atoms with van der Waals surface area (Å²) in [5.74, 6) is -0.0947.